The molecule has 2 heterocycles. The summed E-state index contributed by atoms with van der Waals surface area (Å²) in [7, 11) is 0. The van der Waals surface area contributed by atoms with Gasteiger partial charge < -0.3 is 20.9 Å². The van der Waals surface area contributed by atoms with E-state index in [0.29, 0.717) is 0 Å². The van der Waals surface area contributed by atoms with Crippen molar-refractivity contribution in [3.05, 3.63) is 21.9 Å². The normalized spacial score (nSPS) is 23.1. The van der Waals surface area contributed by atoms with E-state index in [2.05, 4.69) is 10.3 Å². The molecule has 0 spiro atoms. The lowest BCUT2D eigenvalue weighted by molar-refractivity contribution is 0.0887. The molecule has 8 heteroatoms. The average Bonchev–Trinajstić information content (AvgIpc) is 2.69. The third kappa shape index (κ3) is 2.67. The number of nitrogen functional groups attached to an aromatic ring is 1. The van der Waals surface area contributed by atoms with Gasteiger partial charge in [0.1, 0.15) is 5.15 Å². The highest BCUT2D eigenvalue weighted by Gasteiger charge is 2.28. The highest BCUT2D eigenvalue weighted by atomic mass is 35.5. The monoisotopic (exact) mass is 291 g/mol. The minimum Gasteiger partial charge on any atom is -0.396 e. The van der Waals surface area contributed by atoms with Gasteiger partial charge in [-0.25, -0.2) is 4.98 Å². The number of nitrogens with zero attached hydrogens (tertiary/aromatic N) is 1. The maximum absolute atomic E-state index is 12.0. The van der Waals surface area contributed by atoms with Crippen molar-refractivity contribution in [3.63, 3.8) is 0 Å². The first-order chi connectivity index (χ1) is 8.49. The zero-order chi connectivity index (χ0) is 13.3. The van der Waals surface area contributed by atoms with Gasteiger partial charge in [0.05, 0.1) is 36.6 Å². The molecule has 1 aromatic rings. The van der Waals surface area contributed by atoms with Gasteiger partial charge in [-0.1, -0.05) is 23.2 Å². The lowest BCUT2D eigenvalue weighted by Crippen LogP contribution is -2.42. The average molecular weight is 292 g/mol. The number of aliphatic hydroxyl groups excluding tert-OH is 1. The summed E-state index contributed by atoms with van der Waals surface area (Å²) < 4.78 is 5.02. The first-order valence-electron chi connectivity index (χ1n) is 5.17. The molecular weight excluding hydrogens is 281 g/mol. The van der Waals surface area contributed by atoms with Crippen LogP contribution in [0.5, 0.6) is 0 Å². The number of carbonyl (C=O) groups is 1. The van der Waals surface area contributed by atoms with E-state index >= 15 is 0 Å². The lowest BCUT2D eigenvalue weighted by Gasteiger charge is -2.15. The minimum atomic E-state index is -0.733. The molecule has 0 aliphatic carbocycles. The van der Waals surface area contributed by atoms with E-state index in [0.717, 1.165) is 0 Å². The second-order valence-electron chi connectivity index (χ2n) is 3.88. The van der Waals surface area contributed by atoms with Crippen molar-refractivity contribution in [3.8, 4) is 0 Å². The topological polar surface area (TPSA) is 97.5 Å². The van der Waals surface area contributed by atoms with E-state index in [1.54, 1.807) is 0 Å². The Bertz CT molecular complexity index is 484. The van der Waals surface area contributed by atoms with Gasteiger partial charge in [-0.05, 0) is 6.07 Å². The molecule has 18 heavy (non-hydrogen) atoms. The fourth-order valence-electron chi connectivity index (χ4n) is 1.61. The van der Waals surface area contributed by atoms with Crippen molar-refractivity contribution >= 4 is 34.8 Å². The number of aromatic nitrogens is 1. The number of hydrogen-bond donors (Lipinski definition) is 3. The summed E-state index contributed by atoms with van der Waals surface area (Å²) in [5, 5.41) is 12.2. The molecule has 1 fully saturated rings. The minimum absolute atomic E-state index is 0.0316. The molecule has 1 aliphatic heterocycles. The Hall–Kier alpha value is -1.08. The summed E-state index contributed by atoms with van der Waals surface area (Å²) >= 11 is 11.4. The first-order valence-corrected chi connectivity index (χ1v) is 5.93. The Morgan fingerprint density at radius 3 is 2.89 bits per heavy atom. The van der Waals surface area contributed by atoms with E-state index in [9.17, 15) is 9.90 Å². The quantitative estimate of drug-likeness (QED) is 0.688. The number of amides is 1. The standard InChI is InChI=1S/C10H11Cl2N3O3/c11-7-1-4(8(13)9(12)15-7)10(17)14-5-2-18-3-6(5)16/h1,5-6,16H,2-3,13H2,(H,14,17)/t5-,6+/m0/s1. The number of hydrogen-bond acceptors (Lipinski definition) is 5. The van der Waals surface area contributed by atoms with E-state index in [1.165, 1.54) is 6.07 Å². The molecule has 0 radical (unpaired) electrons. The zero-order valence-corrected chi connectivity index (χ0v) is 10.7. The smallest absolute Gasteiger partial charge is 0.253 e. The highest BCUT2D eigenvalue weighted by Crippen LogP contribution is 2.24. The molecule has 0 saturated carbocycles. The molecule has 0 bridgehead atoms. The van der Waals surface area contributed by atoms with Crippen LogP contribution >= 0.6 is 23.2 Å². The second kappa shape index (κ2) is 5.27. The number of nitrogens with one attached hydrogen (secondary N) is 1. The van der Waals surface area contributed by atoms with Crippen LogP contribution in [0, 0.1) is 0 Å². The third-order valence-corrected chi connectivity index (χ3v) is 3.07. The second-order valence-corrected chi connectivity index (χ2v) is 4.63. The largest absolute Gasteiger partial charge is 0.396 e. The van der Waals surface area contributed by atoms with Crippen molar-refractivity contribution in [1.82, 2.24) is 10.3 Å². The molecule has 0 aromatic carbocycles. The van der Waals surface area contributed by atoms with Crippen LogP contribution in [0.4, 0.5) is 5.69 Å². The van der Waals surface area contributed by atoms with Gasteiger partial charge in [-0.3, -0.25) is 4.79 Å². The van der Waals surface area contributed by atoms with Gasteiger partial charge in [0.15, 0.2) is 5.15 Å². The van der Waals surface area contributed by atoms with E-state index < -0.39 is 18.1 Å². The summed E-state index contributed by atoms with van der Waals surface area (Å²) in [6.07, 6.45) is -0.733. The van der Waals surface area contributed by atoms with Gasteiger partial charge in [0.2, 0.25) is 0 Å². The van der Waals surface area contributed by atoms with Gasteiger partial charge in [0, 0.05) is 0 Å². The molecule has 2 rings (SSSR count). The lowest BCUT2D eigenvalue weighted by atomic mass is 10.1. The number of aliphatic hydroxyl groups is 1. The van der Waals surface area contributed by atoms with E-state index in [1.807, 2.05) is 0 Å². The molecule has 4 N–H and O–H groups in total. The number of halogens is 2. The van der Waals surface area contributed by atoms with Crippen molar-refractivity contribution in [2.45, 2.75) is 12.1 Å². The maximum Gasteiger partial charge on any atom is 0.253 e. The maximum atomic E-state index is 12.0. The van der Waals surface area contributed by atoms with Crippen LogP contribution in [0.2, 0.25) is 10.3 Å². The number of nitrogens with two attached hydrogens (primary N) is 1. The van der Waals surface area contributed by atoms with Crippen molar-refractivity contribution < 1.29 is 14.6 Å². The fraction of sp³-hybridized carbons (Fsp3) is 0.400. The molecule has 0 unspecified atom stereocenters. The predicted octanol–water partition coefficient (Wildman–Crippen LogP) is 0.460. The summed E-state index contributed by atoms with van der Waals surface area (Å²) in [4.78, 5) is 15.7. The summed E-state index contributed by atoms with van der Waals surface area (Å²) in [6, 6.07) is 0.850. The Labute approximate surface area is 113 Å². The molecule has 2 atom stereocenters. The number of carbonyl (C=O) groups excluding carboxylic acids is 1. The Morgan fingerprint density at radius 1 is 1.56 bits per heavy atom. The van der Waals surface area contributed by atoms with Gasteiger partial charge >= 0.3 is 0 Å². The Balaban J connectivity index is 2.18. The zero-order valence-electron chi connectivity index (χ0n) is 9.19. The van der Waals surface area contributed by atoms with E-state index in [-0.39, 0.29) is 34.8 Å². The predicted molar refractivity (Wildman–Crippen MR) is 66.7 cm³/mol. The van der Waals surface area contributed by atoms with E-state index in [4.69, 9.17) is 33.7 Å². The Kier molecular flexibility index (Phi) is 3.91. The summed E-state index contributed by atoms with van der Waals surface area (Å²) in [5.74, 6) is -0.478. The van der Waals surface area contributed by atoms with Crippen LogP contribution < -0.4 is 11.1 Å². The molecule has 98 valence electrons. The fourth-order valence-corrected chi connectivity index (χ4v) is 2.04. The summed E-state index contributed by atoms with van der Waals surface area (Å²) in [6.45, 7) is 0.442. The van der Waals surface area contributed by atoms with Crippen LogP contribution in [0.15, 0.2) is 6.07 Å². The van der Waals surface area contributed by atoms with Crippen molar-refractivity contribution in [1.29, 1.82) is 0 Å². The SMILES string of the molecule is Nc1c(C(=O)N[C@H]2COC[C@H]2O)cc(Cl)nc1Cl. The van der Waals surface area contributed by atoms with Crippen LogP contribution in [-0.2, 0) is 4.74 Å². The van der Waals surface area contributed by atoms with Crippen LogP contribution in [0.3, 0.4) is 0 Å². The number of pyridine rings is 1. The van der Waals surface area contributed by atoms with Crippen molar-refractivity contribution in [2.24, 2.45) is 0 Å². The summed E-state index contributed by atoms with van der Waals surface area (Å²) in [5.41, 5.74) is 5.83. The third-order valence-electron chi connectivity index (χ3n) is 2.59. The Morgan fingerprint density at radius 2 is 2.28 bits per heavy atom. The molecule has 1 amide bonds. The van der Waals surface area contributed by atoms with Crippen LogP contribution in [-0.4, -0.2) is 41.4 Å². The van der Waals surface area contributed by atoms with Crippen molar-refractivity contribution in [2.75, 3.05) is 18.9 Å². The molecule has 1 saturated heterocycles. The number of ether oxygens (including phenoxy) is 1. The molecule has 1 aromatic heterocycles. The van der Waals surface area contributed by atoms with Crippen LogP contribution in [0.25, 0.3) is 0 Å². The number of rotatable bonds is 2. The van der Waals surface area contributed by atoms with Gasteiger partial charge in [0.25, 0.3) is 5.91 Å². The molecule has 6 nitrogen and oxygen atoms in total. The molecular formula is C10H11Cl2N3O3. The van der Waals surface area contributed by atoms with Crippen LogP contribution in [0.1, 0.15) is 10.4 Å². The van der Waals surface area contributed by atoms with Gasteiger partial charge in [-0.2, -0.15) is 0 Å². The highest BCUT2D eigenvalue weighted by molar-refractivity contribution is 6.35. The first kappa shape index (κ1) is 13.4. The van der Waals surface area contributed by atoms with Gasteiger partial charge in [-0.15, -0.1) is 0 Å². The number of anilines is 1. The molecule has 1 aliphatic rings.